The molecule has 22 heavy (non-hydrogen) atoms. The zero-order valence-electron chi connectivity index (χ0n) is 12.3. The highest BCUT2D eigenvalue weighted by Gasteiger charge is 2.17. The van der Waals surface area contributed by atoms with Crippen LogP contribution in [0.5, 0.6) is 0 Å². The molecule has 2 rings (SSSR count). The minimum atomic E-state index is -0.638. The maximum Gasteiger partial charge on any atom is 0.261 e. The van der Waals surface area contributed by atoms with Gasteiger partial charge in [0.2, 0.25) is 5.91 Å². The van der Waals surface area contributed by atoms with Crippen LogP contribution in [0.25, 0.3) is 0 Å². The molecule has 5 nitrogen and oxygen atoms in total. The van der Waals surface area contributed by atoms with E-state index in [-0.39, 0.29) is 11.8 Å². The molecule has 2 aromatic heterocycles. The fourth-order valence-corrected chi connectivity index (χ4v) is 2.91. The van der Waals surface area contributed by atoms with Gasteiger partial charge in [-0.3, -0.25) is 9.59 Å². The first-order chi connectivity index (χ1) is 10.6. The number of nitrogens with zero attached hydrogens (tertiary/aromatic N) is 1. The normalized spacial score (nSPS) is 11.7. The third-order valence-corrected chi connectivity index (χ3v) is 4.36. The lowest BCUT2D eigenvalue weighted by molar-refractivity contribution is -0.117. The molecule has 2 aromatic rings. The first-order valence-corrected chi connectivity index (χ1v) is 8.96. The van der Waals surface area contributed by atoms with E-state index in [4.69, 9.17) is 0 Å². The standard InChI is InChI=1S/C15H17N3O2S2/c1-10(17-15(20)12-4-3-7-22-12)14(19)18-13-8-11(9-21-2)5-6-16-13/h3-8,10H,9H2,1-2H3,(H,17,20)(H,16,18,19)/t10-/m0/s1. The number of anilines is 1. The highest BCUT2D eigenvalue weighted by molar-refractivity contribution is 7.97. The number of amides is 2. The topological polar surface area (TPSA) is 71.1 Å². The highest BCUT2D eigenvalue weighted by Crippen LogP contribution is 2.13. The summed E-state index contributed by atoms with van der Waals surface area (Å²) in [5.74, 6) is 0.810. The van der Waals surface area contributed by atoms with E-state index in [0.717, 1.165) is 11.3 Å². The monoisotopic (exact) mass is 335 g/mol. The predicted octanol–water partition coefficient (Wildman–Crippen LogP) is 2.76. The zero-order chi connectivity index (χ0) is 15.9. The van der Waals surface area contributed by atoms with E-state index in [1.54, 1.807) is 37.0 Å². The Kier molecular flexibility index (Phi) is 5.97. The molecule has 0 saturated carbocycles. The first-order valence-electron chi connectivity index (χ1n) is 6.69. The molecule has 0 bridgehead atoms. The molecule has 0 radical (unpaired) electrons. The van der Waals surface area contributed by atoms with Gasteiger partial charge >= 0.3 is 0 Å². The van der Waals surface area contributed by atoms with Gasteiger partial charge in [-0.15, -0.1) is 11.3 Å². The number of aromatic nitrogens is 1. The second-order valence-corrected chi connectivity index (χ2v) is 6.46. The van der Waals surface area contributed by atoms with Crippen molar-refractivity contribution in [1.29, 1.82) is 0 Å². The van der Waals surface area contributed by atoms with E-state index >= 15 is 0 Å². The number of carbonyl (C=O) groups is 2. The van der Waals surface area contributed by atoms with Crippen LogP contribution >= 0.6 is 23.1 Å². The molecule has 7 heteroatoms. The molecular weight excluding hydrogens is 318 g/mol. The van der Waals surface area contributed by atoms with E-state index in [2.05, 4.69) is 15.6 Å². The second-order valence-electron chi connectivity index (χ2n) is 4.64. The van der Waals surface area contributed by atoms with Crippen molar-refractivity contribution in [2.75, 3.05) is 11.6 Å². The SMILES string of the molecule is CSCc1ccnc(NC(=O)[C@H](C)NC(=O)c2cccs2)c1. The van der Waals surface area contributed by atoms with Crippen LogP contribution in [0.1, 0.15) is 22.2 Å². The Hall–Kier alpha value is -1.86. The Balaban J connectivity index is 1.93. The zero-order valence-corrected chi connectivity index (χ0v) is 14.0. The minimum absolute atomic E-state index is 0.248. The summed E-state index contributed by atoms with van der Waals surface area (Å²) in [4.78, 5) is 28.7. The van der Waals surface area contributed by atoms with Gasteiger partial charge in [-0.2, -0.15) is 11.8 Å². The average molecular weight is 335 g/mol. The number of thioether (sulfide) groups is 1. The Bertz CT molecular complexity index is 644. The molecule has 0 aliphatic carbocycles. The van der Waals surface area contributed by atoms with E-state index < -0.39 is 6.04 Å². The van der Waals surface area contributed by atoms with Gasteiger partial charge in [-0.25, -0.2) is 4.98 Å². The van der Waals surface area contributed by atoms with E-state index in [1.807, 2.05) is 23.8 Å². The molecular formula is C15H17N3O2S2. The molecule has 0 aromatic carbocycles. The molecule has 0 fully saturated rings. The fraction of sp³-hybridized carbons (Fsp3) is 0.267. The molecule has 2 N–H and O–H groups in total. The summed E-state index contributed by atoms with van der Waals surface area (Å²) in [7, 11) is 0. The largest absolute Gasteiger partial charge is 0.340 e. The molecule has 0 saturated heterocycles. The maximum absolute atomic E-state index is 12.1. The lowest BCUT2D eigenvalue weighted by Gasteiger charge is -2.13. The number of nitrogens with one attached hydrogen (secondary N) is 2. The third kappa shape index (κ3) is 4.57. The van der Waals surface area contributed by atoms with Gasteiger partial charge < -0.3 is 10.6 Å². The van der Waals surface area contributed by atoms with Crippen LogP contribution in [-0.2, 0) is 10.5 Å². The molecule has 1 atom stereocenters. The summed E-state index contributed by atoms with van der Waals surface area (Å²) in [5, 5.41) is 7.21. The molecule has 2 heterocycles. The van der Waals surface area contributed by atoms with Gasteiger partial charge in [0.1, 0.15) is 11.9 Å². The Morgan fingerprint density at radius 3 is 2.91 bits per heavy atom. The van der Waals surface area contributed by atoms with Crippen LogP contribution in [0.4, 0.5) is 5.82 Å². The van der Waals surface area contributed by atoms with Crippen molar-refractivity contribution in [3.63, 3.8) is 0 Å². The molecule has 0 aliphatic heterocycles. The summed E-state index contributed by atoms with van der Waals surface area (Å²) in [6.07, 6.45) is 3.68. The maximum atomic E-state index is 12.1. The highest BCUT2D eigenvalue weighted by atomic mass is 32.2. The van der Waals surface area contributed by atoms with Gasteiger partial charge in [0.15, 0.2) is 0 Å². The van der Waals surface area contributed by atoms with Crippen LogP contribution < -0.4 is 10.6 Å². The average Bonchev–Trinajstić information content (AvgIpc) is 3.02. The Morgan fingerprint density at radius 2 is 2.23 bits per heavy atom. The number of hydrogen-bond donors (Lipinski definition) is 2. The summed E-state index contributed by atoms with van der Waals surface area (Å²) >= 11 is 3.04. The van der Waals surface area contributed by atoms with Gasteiger partial charge in [-0.05, 0) is 42.3 Å². The summed E-state index contributed by atoms with van der Waals surface area (Å²) in [6, 6.07) is 6.63. The number of carbonyl (C=O) groups excluding carboxylic acids is 2. The van der Waals surface area contributed by atoms with Gasteiger partial charge in [0.25, 0.3) is 5.91 Å². The summed E-state index contributed by atoms with van der Waals surface area (Å²) in [6.45, 7) is 1.65. The lowest BCUT2D eigenvalue weighted by Crippen LogP contribution is -2.41. The van der Waals surface area contributed by atoms with E-state index in [0.29, 0.717) is 10.7 Å². The van der Waals surface area contributed by atoms with Crippen molar-refractivity contribution in [2.24, 2.45) is 0 Å². The van der Waals surface area contributed by atoms with Crippen LogP contribution in [0.3, 0.4) is 0 Å². The van der Waals surface area contributed by atoms with Crippen molar-refractivity contribution in [1.82, 2.24) is 10.3 Å². The van der Waals surface area contributed by atoms with Crippen molar-refractivity contribution in [3.05, 3.63) is 46.3 Å². The number of hydrogen-bond acceptors (Lipinski definition) is 5. The minimum Gasteiger partial charge on any atom is -0.340 e. The fourth-order valence-electron chi connectivity index (χ4n) is 1.77. The molecule has 0 spiro atoms. The number of rotatable bonds is 6. The van der Waals surface area contributed by atoms with Crippen molar-refractivity contribution >= 4 is 40.7 Å². The lowest BCUT2D eigenvalue weighted by atomic mass is 10.2. The molecule has 2 amide bonds. The van der Waals surface area contributed by atoms with Crippen LogP contribution in [0, 0.1) is 0 Å². The summed E-state index contributed by atoms with van der Waals surface area (Å²) in [5.41, 5.74) is 1.09. The first kappa shape index (κ1) is 16.5. The van der Waals surface area contributed by atoms with Gasteiger partial charge in [0.05, 0.1) is 4.88 Å². The van der Waals surface area contributed by atoms with Crippen molar-refractivity contribution < 1.29 is 9.59 Å². The van der Waals surface area contributed by atoms with E-state index in [9.17, 15) is 9.59 Å². The summed E-state index contributed by atoms with van der Waals surface area (Å²) < 4.78 is 0. The molecule has 0 aliphatic rings. The molecule has 116 valence electrons. The van der Waals surface area contributed by atoms with Gasteiger partial charge in [0, 0.05) is 11.9 Å². The van der Waals surface area contributed by atoms with Crippen LogP contribution in [0.15, 0.2) is 35.8 Å². The Labute approximate surface area is 137 Å². The number of thiophene rings is 1. The van der Waals surface area contributed by atoms with Crippen molar-refractivity contribution in [3.8, 4) is 0 Å². The van der Waals surface area contributed by atoms with Gasteiger partial charge in [-0.1, -0.05) is 6.07 Å². The van der Waals surface area contributed by atoms with Crippen LogP contribution in [-0.4, -0.2) is 29.1 Å². The number of pyridine rings is 1. The third-order valence-electron chi connectivity index (χ3n) is 2.87. The smallest absolute Gasteiger partial charge is 0.261 e. The predicted molar refractivity (Wildman–Crippen MR) is 91.3 cm³/mol. The molecule has 0 unspecified atom stereocenters. The second kappa shape index (κ2) is 7.95. The van der Waals surface area contributed by atoms with Crippen LogP contribution in [0.2, 0.25) is 0 Å². The van der Waals surface area contributed by atoms with Crippen molar-refractivity contribution in [2.45, 2.75) is 18.7 Å². The van der Waals surface area contributed by atoms with E-state index in [1.165, 1.54) is 11.3 Å². The Morgan fingerprint density at radius 1 is 1.41 bits per heavy atom. The quantitative estimate of drug-likeness (QED) is 0.851.